The van der Waals surface area contributed by atoms with E-state index < -0.39 is 25.3 Å². The van der Waals surface area contributed by atoms with Crippen molar-refractivity contribution in [1.29, 1.82) is 0 Å². The summed E-state index contributed by atoms with van der Waals surface area (Å²) in [4.78, 5) is 37.3. The molecule has 9 heteroatoms. The van der Waals surface area contributed by atoms with E-state index in [0.29, 0.717) is 6.61 Å². The molecule has 0 aliphatic rings. The van der Waals surface area contributed by atoms with E-state index in [2.05, 4.69) is 24.6 Å². The van der Waals surface area contributed by atoms with E-state index in [9.17, 15) is 14.4 Å². The highest BCUT2D eigenvalue weighted by atomic mass is 35.5. The molecule has 7 nitrogen and oxygen atoms in total. The number of carbonyl (C=O) groups excluding carboxylic acids is 1. The fourth-order valence-corrected chi connectivity index (χ4v) is 2.78. The van der Waals surface area contributed by atoms with Gasteiger partial charge in [-0.1, -0.05) is 31.2 Å². The summed E-state index contributed by atoms with van der Waals surface area (Å²) in [6, 6.07) is 0.943. The maximum Gasteiger partial charge on any atom is 0.331 e. The summed E-state index contributed by atoms with van der Waals surface area (Å²) in [6.07, 6.45) is -0.294. The van der Waals surface area contributed by atoms with E-state index in [-0.39, 0.29) is 30.5 Å². The molecule has 0 unspecified atom stereocenters. The Morgan fingerprint density at radius 1 is 1.30 bits per heavy atom. The summed E-state index contributed by atoms with van der Waals surface area (Å²) in [7, 11) is -1.24. The van der Waals surface area contributed by atoms with Gasteiger partial charge < -0.3 is 9.47 Å². The molecule has 0 aromatic carbocycles. The number of halogens is 1. The molecular weight excluding hydrogens is 340 g/mol. The summed E-state index contributed by atoms with van der Waals surface area (Å²) in [5.74, 6) is -0.579. The SMILES string of the molecule is CCOC(=O)Cc1c(Cl)n(COCC[Si](C)(C)C)c(=O)[nH]c1=O. The largest absolute Gasteiger partial charge is 0.466 e. The number of aromatic amines is 1. The van der Waals surface area contributed by atoms with Gasteiger partial charge in [0.25, 0.3) is 5.56 Å². The molecule has 1 aromatic heterocycles. The van der Waals surface area contributed by atoms with Crippen molar-refractivity contribution in [1.82, 2.24) is 9.55 Å². The number of ether oxygens (including phenoxy) is 2. The number of rotatable bonds is 8. The third kappa shape index (κ3) is 6.32. The maximum atomic E-state index is 11.9. The Labute approximate surface area is 140 Å². The number of hydrogen-bond donors (Lipinski definition) is 1. The lowest BCUT2D eigenvalue weighted by atomic mass is 10.2. The highest BCUT2D eigenvalue weighted by Crippen LogP contribution is 2.12. The minimum Gasteiger partial charge on any atom is -0.466 e. The van der Waals surface area contributed by atoms with E-state index in [0.717, 1.165) is 10.6 Å². The second-order valence-corrected chi connectivity index (χ2v) is 12.3. The fraction of sp³-hybridized carbons (Fsp3) is 0.643. The number of nitrogens with zero attached hydrogens (tertiary/aromatic N) is 1. The first-order valence-corrected chi connectivity index (χ1v) is 11.5. The minimum atomic E-state index is -1.24. The smallest absolute Gasteiger partial charge is 0.331 e. The van der Waals surface area contributed by atoms with Crippen LogP contribution < -0.4 is 11.2 Å². The van der Waals surface area contributed by atoms with Gasteiger partial charge in [-0.15, -0.1) is 0 Å². The van der Waals surface area contributed by atoms with Gasteiger partial charge in [0.15, 0.2) is 0 Å². The quantitative estimate of drug-likeness (QED) is 0.328. The lowest BCUT2D eigenvalue weighted by molar-refractivity contribution is -0.142. The van der Waals surface area contributed by atoms with Crippen molar-refractivity contribution >= 4 is 25.6 Å². The summed E-state index contributed by atoms with van der Waals surface area (Å²) in [5, 5.41) is -0.0974. The van der Waals surface area contributed by atoms with Gasteiger partial charge in [0.05, 0.1) is 18.6 Å². The zero-order valence-corrected chi connectivity index (χ0v) is 15.7. The van der Waals surface area contributed by atoms with E-state index in [1.807, 2.05) is 0 Å². The summed E-state index contributed by atoms with van der Waals surface area (Å²) in [6.45, 7) is 8.94. The maximum absolute atomic E-state index is 11.9. The van der Waals surface area contributed by atoms with Crippen LogP contribution in [0.25, 0.3) is 0 Å². The van der Waals surface area contributed by atoms with Crippen LogP contribution in [-0.2, 0) is 27.4 Å². The van der Waals surface area contributed by atoms with Crippen LogP contribution >= 0.6 is 11.6 Å². The fourth-order valence-electron chi connectivity index (χ4n) is 1.74. The molecule has 1 rings (SSSR count). The molecule has 1 heterocycles. The van der Waals surface area contributed by atoms with Crippen molar-refractivity contribution in [2.24, 2.45) is 0 Å². The number of esters is 1. The van der Waals surface area contributed by atoms with Crippen molar-refractivity contribution in [3.63, 3.8) is 0 Å². The average molecular weight is 363 g/mol. The molecule has 0 aliphatic carbocycles. The van der Waals surface area contributed by atoms with Crippen LogP contribution in [0.5, 0.6) is 0 Å². The molecule has 0 radical (unpaired) electrons. The van der Waals surface area contributed by atoms with E-state index in [4.69, 9.17) is 21.1 Å². The minimum absolute atomic E-state index is 0.00138. The van der Waals surface area contributed by atoms with Gasteiger partial charge in [-0.3, -0.25) is 19.1 Å². The Morgan fingerprint density at radius 3 is 2.52 bits per heavy atom. The van der Waals surface area contributed by atoms with Crippen LogP contribution in [0.3, 0.4) is 0 Å². The number of nitrogens with one attached hydrogen (secondary N) is 1. The van der Waals surface area contributed by atoms with E-state index in [1.54, 1.807) is 6.92 Å². The summed E-state index contributed by atoms with van der Waals surface area (Å²) in [5.41, 5.74) is -1.36. The van der Waals surface area contributed by atoms with Crippen LogP contribution in [0.2, 0.25) is 30.8 Å². The molecule has 0 fully saturated rings. The molecule has 0 bridgehead atoms. The summed E-state index contributed by atoms with van der Waals surface area (Å²) < 4.78 is 11.4. The summed E-state index contributed by atoms with van der Waals surface area (Å²) >= 11 is 6.10. The first-order valence-electron chi connectivity index (χ1n) is 7.40. The second-order valence-electron chi connectivity index (χ2n) is 6.29. The van der Waals surface area contributed by atoms with Gasteiger partial charge in [0, 0.05) is 14.7 Å². The number of carbonyl (C=O) groups is 1. The third-order valence-electron chi connectivity index (χ3n) is 3.07. The predicted molar refractivity (Wildman–Crippen MR) is 90.8 cm³/mol. The van der Waals surface area contributed by atoms with Gasteiger partial charge in [-0.2, -0.15) is 0 Å². The number of hydrogen-bond acceptors (Lipinski definition) is 5. The Bertz CT molecular complexity index is 663. The van der Waals surface area contributed by atoms with Crippen molar-refractivity contribution in [2.75, 3.05) is 13.2 Å². The zero-order valence-electron chi connectivity index (χ0n) is 13.9. The molecule has 0 atom stereocenters. The van der Waals surface area contributed by atoms with Crippen LogP contribution in [0.1, 0.15) is 12.5 Å². The van der Waals surface area contributed by atoms with Crippen LogP contribution in [-0.4, -0.2) is 36.8 Å². The Kier molecular flexibility index (Phi) is 7.24. The monoisotopic (exact) mass is 362 g/mol. The molecule has 1 N–H and O–H groups in total. The second kappa shape index (κ2) is 8.46. The topological polar surface area (TPSA) is 90.4 Å². The highest BCUT2D eigenvalue weighted by Gasteiger charge is 2.17. The molecule has 130 valence electrons. The van der Waals surface area contributed by atoms with E-state index in [1.165, 1.54) is 0 Å². The molecular formula is C14H23ClN2O5Si. The van der Waals surface area contributed by atoms with Gasteiger partial charge in [0.2, 0.25) is 0 Å². The van der Waals surface area contributed by atoms with Crippen molar-refractivity contribution in [3.8, 4) is 0 Å². The average Bonchev–Trinajstić information content (AvgIpc) is 2.41. The standard InChI is InChI=1S/C14H23ClN2O5Si/c1-5-22-11(18)8-10-12(15)17(14(20)16-13(10)19)9-21-6-7-23(2,3)4/h5-9H2,1-4H3,(H,16,19,20). The zero-order chi connectivity index (χ0) is 17.6. The van der Waals surface area contributed by atoms with Crippen LogP contribution in [0.4, 0.5) is 0 Å². The molecule has 0 saturated carbocycles. The number of H-pyrrole nitrogens is 1. The highest BCUT2D eigenvalue weighted by molar-refractivity contribution is 6.76. The van der Waals surface area contributed by atoms with Gasteiger partial charge in [0.1, 0.15) is 11.9 Å². The lowest BCUT2D eigenvalue weighted by Gasteiger charge is -2.16. The van der Waals surface area contributed by atoms with Gasteiger partial charge >= 0.3 is 11.7 Å². The van der Waals surface area contributed by atoms with Crippen LogP contribution in [0, 0.1) is 0 Å². The Hall–Kier alpha value is -1.38. The molecule has 0 spiro atoms. The number of aromatic nitrogens is 2. The normalized spacial score (nSPS) is 11.5. The Morgan fingerprint density at radius 2 is 1.96 bits per heavy atom. The molecule has 0 amide bonds. The van der Waals surface area contributed by atoms with Gasteiger partial charge in [-0.25, -0.2) is 4.79 Å². The molecule has 1 aromatic rings. The van der Waals surface area contributed by atoms with Crippen molar-refractivity contribution in [3.05, 3.63) is 31.6 Å². The molecule has 0 aliphatic heterocycles. The molecule has 0 saturated heterocycles. The van der Waals surface area contributed by atoms with Crippen LogP contribution in [0.15, 0.2) is 9.59 Å². The van der Waals surface area contributed by atoms with Crippen molar-refractivity contribution in [2.45, 2.75) is 45.8 Å². The van der Waals surface area contributed by atoms with Crippen molar-refractivity contribution < 1.29 is 14.3 Å². The first-order chi connectivity index (χ1) is 10.7. The first kappa shape index (κ1) is 19.7. The lowest BCUT2D eigenvalue weighted by Crippen LogP contribution is -2.35. The Balaban J connectivity index is 2.89. The van der Waals surface area contributed by atoms with E-state index >= 15 is 0 Å². The third-order valence-corrected chi connectivity index (χ3v) is 5.21. The molecule has 23 heavy (non-hydrogen) atoms. The predicted octanol–water partition coefficient (Wildman–Crippen LogP) is 1.61. The van der Waals surface area contributed by atoms with Gasteiger partial charge in [-0.05, 0) is 13.0 Å².